The van der Waals surface area contributed by atoms with E-state index in [2.05, 4.69) is 39.3 Å². The van der Waals surface area contributed by atoms with Crippen molar-refractivity contribution in [1.29, 1.82) is 0 Å². The van der Waals surface area contributed by atoms with Crippen molar-refractivity contribution in [3.8, 4) is 11.1 Å². The van der Waals surface area contributed by atoms with Crippen LogP contribution in [0.1, 0.15) is 22.0 Å². The molecule has 30 heavy (non-hydrogen) atoms. The van der Waals surface area contributed by atoms with Gasteiger partial charge < -0.3 is 10.2 Å². The Balaban J connectivity index is 1.47. The van der Waals surface area contributed by atoms with Gasteiger partial charge in [0, 0.05) is 50.7 Å². The molecule has 1 aliphatic rings. The van der Waals surface area contributed by atoms with Gasteiger partial charge in [0.1, 0.15) is 0 Å². The molecular formula is C25H28N4O. The number of nitrogens with one attached hydrogen (secondary N) is 1. The molecule has 5 heteroatoms. The van der Waals surface area contributed by atoms with Gasteiger partial charge in [0.05, 0.1) is 6.04 Å². The van der Waals surface area contributed by atoms with Crippen molar-refractivity contribution in [3.63, 3.8) is 0 Å². The van der Waals surface area contributed by atoms with E-state index in [0.717, 1.165) is 49.4 Å². The standard InChI is InChI=1S/C25H28N4O/c1-28-15-17-29(18-16-28)19-24(22-5-3-2-4-6-22)27-25(30)23-9-7-20(8-10-23)21-11-13-26-14-12-21/h2-14,24H,15-19H2,1H3,(H,27,30). The summed E-state index contributed by atoms with van der Waals surface area (Å²) in [5, 5.41) is 3.26. The number of carbonyl (C=O) groups excluding carboxylic acids is 1. The summed E-state index contributed by atoms with van der Waals surface area (Å²) < 4.78 is 0. The molecule has 1 N–H and O–H groups in total. The summed E-state index contributed by atoms with van der Waals surface area (Å²) in [5.41, 5.74) is 3.98. The van der Waals surface area contributed by atoms with E-state index in [9.17, 15) is 4.79 Å². The third-order valence-electron chi connectivity index (χ3n) is 5.70. The molecule has 4 rings (SSSR count). The van der Waals surface area contributed by atoms with Crippen molar-refractivity contribution in [2.45, 2.75) is 6.04 Å². The molecule has 1 saturated heterocycles. The Kier molecular flexibility index (Phi) is 6.52. The molecule has 1 atom stereocenters. The second-order valence-electron chi connectivity index (χ2n) is 7.85. The number of aromatic nitrogens is 1. The lowest BCUT2D eigenvalue weighted by Gasteiger charge is -2.35. The predicted molar refractivity (Wildman–Crippen MR) is 120 cm³/mol. The van der Waals surface area contributed by atoms with E-state index in [-0.39, 0.29) is 11.9 Å². The molecule has 154 valence electrons. The number of benzene rings is 2. The Morgan fingerprint density at radius 2 is 1.53 bits per heavy atom. The van der Waals surface area contributed by atoms with Gasteiger partial charge in [-0.25, -0.2) is 0 Å². The van der Waals surface area contributed by atoms with Gasteiger partial charge in [-0.1, -0.05) is 42.5 Å². The third kappa shape index (κ3) is 5.12. The number of likely N-dealkylation sites (N-methyl/N-ethyl adjacent to an activating group) is 1. The highest BCUT2D eigenvalue weighted by Crippen LogP contribution is 2.20. The minimum Gasteiger partial charge on any atom is -0.344 e. The molecule has 1 aliphatic heterocycles. The van der Waals surface area contributed by atoms with E-state index < -0.39 is 0 Å². The first kappa shape index (κ1) is 20.3. The van der Waals surface area contributed by atoms with Crippen LogP contribution in [-0.4, -0.2) is 60.5 Å². The van der Waals surface area contributed by atoms with Gasteiger partial charge in [0.25, 0.3) is 5.91 Å². The van der Waals surface area contributed by atoms with Crippen LogP contribution in [-0.2, 0) is 0 Å². The normalized spacial score (nSPS) is 16.2. The maximum atomic E-state index is 13.0. The maximum Gasteiger partial charge on any atom is 0.251 e. The van der Waals surface area contributed by atoms with Crippen molar-refractivity contribution >= 4 is 5.91 Å². The van der Waals surface area contributed by atoms with E-state index in [4.69, 9.17) is 0 Å². The van der Waals surface area contributed by atoms with Crippen LogP contribution in [0.25, 0.3) is 11.1 Å². The molecule has 3 aromatic rings. The number of pyridine rings is 1. The quantitative estimate of drug-likeness (QED) is 0.688. The molecule has 0 bridgehead atoms. The minimum absolute atomic E-state index is 0.0398. The monoisotopic (exact) mass is 400 g/mol. The highest BCUT2D eigenvalue weighted by Gasteiger charge is 2.21. The highest BCUT2D eigenvalue weighted by molar-refractivity contribution is 5.95. The summed E-state index contributed by atoms with van der Waals surface area (Å²) >= 11 is 0. The summed E-state index contributed by atoms with van der Waals surface area (Å²) in [6, 6.07) is 21.9. The van der Waals surface area contributed by atoms with E-state index >= 15 is 0 Å². The Bertz CT molecular complexity index is 936. The fourth-order valence-electron chi connectivity index (χ4n) is 3.81. The van der Waals surface area contributed by atoms with Crippen LogP contribution in [0.15, 0.2) is 79.1 Å². The maximum absolute atomic E-state index is 13.0. The second kappa shape index (κ2) is 9.65. The van der Waals surface area contributed by atoms with Crippen LogP contribution in [0.3, 0.4) is 0 Å². The van der Waals surface area contributed by atoms with E-state index in [1.807, 2.05) is 54.6 Å². The SMILES string of the molecule is CN1CCN(CC(NC(=O)c2ccc(-c3ccncc3)cc2)c2ccccc2)CC1. The van der Waals surface area contributed by atoms with Crippen LogP contribution < -0.4 is 5.32 Å². The number of piperazine rings is 1. The first-order valence-electron chi connectivity index (χ1n) is 10.5. The molecule has 0 aliphatic carbocycles. The third-order valence-corrected chi connectivity index (χ3v) is 5.70. The summed E-state index contributed by atoms with van der Waals surface area (Å²) in [7, 11) is 2.16. The van der Waals surface area contributed by atoms with Gasteiger partial charge in [-0.2, -0.15) is 0 Å². The van der Waals surface area contributed by atoms with Crippen LogP contribution in [0.4, 0.5) is 0 Å². The minimum atomic E-state index is -0.0424. The van der Waals surface area contributed by atoms with Crippen LogP contribution >= 0.6 is 0 Å². The Hall–Kier alpha value is -3.02. The topological polar surface area (TPSA) is 48.5 Å². The molecule has 2 heterocycles. The molecule has 1 amide bonds. The lowest BCUT2D eigenvalue weighted by molar-refractivity contribution is 0.0907. The number of amides is 1. The number of rotatable bonds is 6. The zero-order chi connectivity index (χ0) is 20.8. The number of carbonyl (C=O) groups is 1. The first-order chi connectivity index (χ1) is 14.7. The zero-order valence-corrected chi connectivity index (χ0v) is 17.4. The average Bonchev–Trinajstić information content (AvgIpc) is 2.81. The molecule has 0 radical (unpaired) electrons. The summed E-state index contributed by atoms with van der Waals surface area (Å²) in [4.78, 5) is 21.9. The number of hydrogen-bond acceptors (Lipinski definition) is 4. The smallest absolute Gasteiger partial charge is 0.251 e. The van der Waals surface area contributed by atoms with E-state index in [1.54, 1.807) is 12.4 Å². The van der Waals surface area contributed by atoms with Crippen molar-refractivity contribution in [3.05, 3.63) is 90.3 Å². The first-order valence-corrected chi connectivity index (χ1v) is 10.5. The average molecular weight is 401 g/mol. The largest absolute Gasteiger partial charge is 0.344 e. The molecule has 5 nitrogen and oxygen atoms in total. The van der Waals surface area contributed by atoms with Crippen molar-refractivity contribution < 1.29 is 4.79 Å². The lowest BCUT2D eigenvalue weighted by atomic mass is 10.0. The second-order valence-corrected chi connectivity index (χ2v) is 7.85. The summed E-state index contributed by atoms with van der Waals surface area (Å²) in [6.45, 7) is 4.99. The highest BCUT2D eigenvalue weighted by atomic mass is 16.1. The number of nitrogens with zero attached hydrogens (tertiary/aromatic N) is 3. The van der Waals surface area contributed by atoms with Crippen molar-refractivity contribution in [1.82, 2.24) is 20.1 Å². The Morgan fingerprint density at radius 1 is 0.900 bits per heavy atom. The lowest BCUT2D eigenvalue weighted by Crippen LogP contribution is -2.47. The zero-order valence-electron chi connectivity index (χ0n) is 17.4. The van der Waals surface area contributed by atoms with Gasteiger partial charge in [-0.15, -0.1) is 0 Å². The van der Waals surface area contributed by atoms with E-state index in [1.165, 1.54) is 0 Å². The van der Waals surface area contributed by atoms with Gasteiger partial charge in [-0.05, 0) is 48.0 Å². The Morgan fingerprint density at radius 3 is 2.20 bits per heavy atom. The van der Waals surface area contributed by atoms with Gasteiger partial charge in [0.15, 0.2) is 0 Å². The molecule has 1 unspecified atom stereocenters. The van der Waals surface area contributed by atoms with Crippen LogP contribution in [0, 0.1) is 0 Å². The fourth-order valence-corrected chi connectivity index (χ4v) is 3.81. The molecular weight excluding hydrogens is 372 g/mol. The molecule has 0 spiro atoms. The molecule has 1 aromatic heterocycles. The van der Waals surface area contributed by atoms with E-state index in [0.29, 0.717) is 5.56 Å². The molecule has 2 aromatic carbocycles. The predicted octanol–water partition coefficient (Wildman–Crippen LogP) is 3.47. The fraction of sp³-hybridized carbons (Fsp3) is 0.280. The van der Waals surface area contributed by atoms with Gasteiger partial charge in [-0.3, -0.25) is 14.7 Å². The van der Waals surface area contributed by atoms with Crippen LogP contribution in [0.5, 0.6) is 0 Å². The summed E-state index contributed by atoms with van der Waals surface area (Å²) in [5.74, 6) is -0.0424. The van der Waals surface area contributed by atoms with Crippen LogP contribution in [0.2, 0.25) is 0 Å². The Labute approximate surface area is 178 Å². The van der Waals surface area contributed by atoms with Gasteiger partial charge in [0.2, 0.25) is 0 Å². The van der Waals surface area contributed by atoms with Crippen molar-refractivity contribution in [2.75, 3.05) is 39.8 Å². The summed E-state index contributed by atoms with van der Waals surface area (Å²) in [6.07, 6.45) is 3.55. The number of hydrogen-bond donors (Lipinski definition) is 1. The van der Waals surface area contributed by atoms with Crippen molar-refractivity contribution in [2.24, 2.45) is 0 Å². The molecule has 1 fully saturated rings. The molecule has 0 saturated carbocycles. The van der Waals surface area contributed by atoms with Gasteiger partial charge >= 0.3 is 0 Å².